The zero-order valence-electron chi connectivity index (χ0n) is 12.3. The number of carbonyl (C=O) groups excluding carboxylic acids is 2. The number of benzene rings is 1. The fourth-order valence-electron chi connectivity index (χ4n) is 1.57. The van der Waals surface area contributed by atoms with Crippen LogP contribution in [0.4, 0.5) is 0 Å². The van der Waals surface area contributed by atoms with Gasteiger partial charge < -0.3 is 14.8 Å². The highest BCUT2D eigenvalue weighted by Crippen LogP contribution is 2.11. The molecule has 0 aromatic heterocycles. The summed E-state index contributed by atoms with van der Waals surface area (Å²) in [5.41, 5.74) is 1.31. The van der Waals surface area contributed by atoms with Gasteiger partial charge in [0, 0.05) is 18.3 Å². The minimum atomic E-state index is -0.541. The van der Waals surface area contributed by atoms with Gasteiger partial charge in [0.05, 0.1) is 19.8 Å². The Balaban J connectivity index is 2.81. The van der Waals surface area contributed by atoms with E-state index in [1.165, 1.54) is 26.5 Å². The molecule has 1 aromatic carbocycles. The third-order valence-electron chi connectivity index (χ3n) is 2.81. The summed E-state index contributed by atoms with van der Waals surface area (Å²) in [5.74, 6) is -1.08. The molecule has 0 fully saturated rings. The van der Waals surface area contributed by atoms with Gasteiger partial charge in [0.25, 0.3) is 0 Å². The van der Waals surface area contributed by atoms with Crippen molar-refractivity contribution >= 4 is 11.9 Å². The molecule has 0 unspecified atom stereocenters. The summed E-state index contributed by atoms with van der Waals surface area (Å²) < 4.78 is 9.15. The van der Waals surface area contributed by atoms with Crippen LogP contribution in [0.1, 0.15) is 18.5 Å². The molecule has 1 aromatic rings. The molecule has 5 nitrogen and oxygen atoms in total. The van der Waals surface area contributed by atoms with E-state index in [9.17, 15) is 9.59 Å². The molecule has 1 rings (SSSR count). The predicted octanol–water partition coefficient (Wildman–Crippen LogP) is 2.12. The largest absolute Gasteiger partial charge is 0.466 e. The van der Waals surface area contributed by atoms with E-state index in [-0.39, 0.29) is 11.6 Å². The zero-order valence-corrected chi connectivity index (χ0v) is 12.3. The molecule has 21 heavy (non-hydrogen) atoms. The topological polar surface area (TPSA) is 64.6 Å². The number of hydrogen-bond donors (Lipinski definition) is 1. The van der Waals surface area contributed by atoms with Gasteiger partial charge in [0.15, 0.2) is 0 Å². The fraction of sp³-hybridized carbons (Fsp3) is 0.250. The highest BCUT2D eigenvalue weighted by atomic mass is 16.5. The molecule has 0 radical (unpaired) electrons. The second-order valence-corrected chi connectivity index (χ2v) is 4.25. The van der Waals surface area contributed by atoms with Crippen LogP contribution in [-0.4, -0.2) is 26.2 Å². The van der Waals surface area contributed by atoms with Crippen LogP contribution in [0.15, 0.2) is 54.3 Å². The van der Waals surface area contributed by atoms with Crippen molar-refractivity contribution in [3.05, 3.63) is 59.8 Å². The molecule has 0 saturated carbocycles. The summed E-state index contributed by atoms with van der Waals surface area (Å²) in [6, 6.07) is 9.79. The molecule has 0 bridgehead atoms. The lowest BCUT2D eigenvalue weighted by Gasteiger charge is -2.12. The van der Waals surface area contributed by atoms with Crippen molar-refractivity contribution < 1.29 is 19.1 Å². The summed E-state index contributed by atoms with van der Waals surface area (Å²) in [6.45, 7) is 1.96. The first-order valence-electron chi connectivity index (χ1n) is 6.44. The summed E-state index contributed by atoms with van der Waals surface area (Å²) in [6.07, 6.45) is 4.03. The lowest BCUT2D eigenvalue weighted by atomic mass is 10.1. The van der Waals surface area contributed by atoms with Gasteiger partial charge in [-0.25, -0.2) is 9.59 Å². The van der Waals surface area contributed by atoms with E-state index in [0.29, 0.717) is 0 Å². The van der Waals surface area contributed by atoms with Crippen molar-refractivity contribution in [3.63, 3.8) is 0 Å². The molecule has 0 heterocycles. The lowest BCUT2D eigenvalue weighted by molar-refractivity contribution is -0.135. The Kier molecular flexibility index (Phi) is 6.74. The van der Waals surface area contributed by atoms with E-state index in [4.69, 9.17) is 0 Å². The van der Waals surface area contributed by atoms with Crippen molar-refractivity contribution in [3.8, 4) is 0 Å². The van der Waals surface area contributed by atoms with Crippen molar-refractivity contribution in [1.29, 1.82) is 0 Å². The number of methoxy groups -OCH3 is 2. The maximum absolute atomic E-state index is 11.6. The quantitative estimate of drug-likeness (QED) is 0.494. The maximum Gasteiger partial charge on any atom is 0.339 e. The average Bonchev–Trinajstić information content (AvgIpc) is 2.54. The SMILES string of the molecule is COC(=O)/C=C/C(=C/N[C@@H](C)c1ccccc1)C(=O)OC. The lowest BCUT2D eigenvalue weighted by Crippen LogP contribution is -2.15. The highest BCUT2D eigenvalue weighted by molar-refractivity contribution is 5.93. The molecule has 5 heteroatoms. The normalized spacial score (nSPS) is 12.8. The molecule has 0 aliphatic heterocycles. The van der Waals surface area contributed by atoms with E-state index in [0.717, 1.165) is 11.6 Å². The second kappa shape index (κ2) is 8.58. The fourth-order valence-corrected chi connectivity index (χ4v) is 1.57. The van der Waals surface area contributed by atoms with E-state index in [1.807, 2.05) is 37.3 Å². The van der Waals surface area contributed by atoms with Gasteiger partial charge in [-0.15, -0.1) is 0 Å². The van der Waals surface area contributed by atoms with Crippen LogP contribution >= 0.6 is 0 Å². The number of esters is 2. The zero-order chi connectivity index (χ0) is 15.7. The minimum Gasteiger partial charge on any atom is -0.466 e. The highest BCUT2D eigenvalue weighted by Gasteiger charge is 2.08. The number of hydrogen-bond acceptors (Lipinski definition) is 5. The number of ether oxygens (including phenoxy) is 2. The first kappa shape index (κ1) is 16.5. The minimum absolute atomic E-state index is 0.0115. The van der Waals surface area contributed by atoms with Gasteiger partial charge in [-0.05, 0) is 18.6 Å². The van der Waals surface area contributed by atoms with E-state index >= 15 is 0 Å². The first-order chi connectivity index (χ1) is 10.1. The number of nitrogens with one attached hydrogen (secondary N) is 1. The van der Waals surface area contributed by atoms with Crippen molar-refractivity contribution in [2.24, 2.45) is 0 Å². The van der Waals surface area contributed by atoms with Gasteiger partial charge in [-0.3, -0.25) is 0 Å². The standard InChI is InChI=1S/C16H19NO4/c1-12(13-7-5-4-6-8-13)17-11-14(16(19)21-3)9-10-15(18)20-2/h4-12,17H,1-3H3/b10-9+,14-11-/t12-/m0/s1. The predicted molar refractivity (Wildman–Crippen MR) is 79.2 cm³/mol. The number of carbonyl (C=O) groups is 2. The molecule has 0 amide bonds. The van der Waals surface area contributed by atoms with Crippen LogP contribution in [0, 0.1) is 0 Å². The molecule has 0 spiro atoms. The second-order valence-electron chi connectivity index (χ2n) is 4.25. The van der Waals surface area contributed by atoms with Crippen LogP contribution < -0.4 is 5.32 Å². The third-order valence-corrected chi connectivity index (χ3v) is 2.81. The van der Waals surface area contributed by atoms with E-state index in [1.54, 1.807) is 0 Å². The Bertz CT molecular complexity index is 534. The third kappa shape index (κ3) is 5.52. The Labute approximate surface area is 124 Å². The Hall–Kier alpha value is -2.56. The molecular formula is C16H19NO4. The van der Waals surface area contributed by atoms with Crippen LogP contribution in [0.2, 0.25) is 0 Å². The van der Waals surface area contributed by atoms with Gasteiger partial charge in [-0.1, -0.05) is 30.3 Å². The average molecular weight is 289 g/mol. The smallest absolute Gasteiger partial charge is 0.339 e. The Morgan fingerprint density at radius 3 is 2.33 bits per heavy atom. The molecular weight excluding hydrogens is 270 g/mol. The Morgan fingerprint density at radius 2 is 1.76 bits per heavy atom. The number of rotatable bonds is 6. The van der Waals surface area contributed by atoms with Crippen LogP contribution in [-0.2, 0) is 19.1 Å². The summed E-state index contributed by atoms with van der Waals surface area (Å²) in [4.78, 5) is 22.7. The van der Waals surface area contributed by atoms with Gasteiger partial charge in [-0.2, -0.15) is 0 Å². The molecule has 1 atom stereocenters. The molecule has 1 N–H and O–H groups in total. The van der Waals surface area contributed by atoms with Crippen molar-refractivity contribution in [1.82, 2.24) is 5.32 Å². The van der Waals surface area contributed by atoms with Crippen LogP contribution in [0.5, 0.6) is 0 Å². The van der Waals surface area contributed by atoms with Crippen LogP contribution in [0.3, 0.4) is 0 Å². The molecule has 0 saturated heterocycles. The monoisotopic (exact) mass is 289 g/mol. The molecule has 0 aliphatic rings. The van der Waals surface area contributed by atoms with Crippen molar-refractivity contribution in [2.75, 3.05) is 14.2 Å². The molecule has 0 aliphatic carbocycles. The maximum atomic E-state index is 11.6. The van der Waals surface area contributed by atoms with Gasteiger partial charge >= 0.3 is 11.9 Å². The van der Waals surface area contributed by atoms with Gasteiger partial charge in [0.1, 0.15) is 0 Å². The summed E-state index contributed by atoms with van der Waals surface area (Å²) in [7, 11) is 2.55. The summed E-state index contributed by atoms with van der Waals surface area (Å²) in [5, 5.41) is 3.09. The van der Waals surface area contributed by atoms with Gasteiger partial charge in [0.2, 0.25) is 0 Å². The van der Waals surface area contributed by atoms with Crippen LogP contribution in [0.25, 0.3) is 0 Å². The van der Waals surface area contributed by atoms with Crippen molar-refractivity contribution in [2.45, 2.75) is 13.0 Å². The van der Waals surface area contributed by atoms with E-state index < -0.39 is 11.9 Å². The van der Waals surface area contributed by atoms with E-state index in [2.05, 4.69) is 14.8 Å². The first-order valence-corrected chi connectivity index (χ1v) is 6.44. The Morgan fingerprint density at radius 1 is 1.10 bits per heavy atom. The summed E-state index contributed by atoms with van der Waals surface area (Å²) >= 11 is 0. The molecule has 112 valence electrons.